The van der Waals surface area contributed by atoms with Gasteiger partial charge >= 0.3 is 5.97 Å². The minimum absolute atomic E-state index is 0.0531. The van der Waals surface area contributed by atoms with Crippen LogP contribution in [-0.2, 0) is 19.1 Å². The zero-order chi connectivity index (χ0) is 20.2. The van der Waals surface area contributed by atoms with Crippen LogP contribution < -0.4 is 0 Å². The molecule has 0 aliphatic heterocycles. The van der Waals surface area contributed by atoms with E-state index in [1.54, 1.807) is 13.8 Å². The van der Waals surface area contributed by atoms with Crippen molar-refractivity contribution >= 4 is 17.5 Å². The fourth-order valence-electron chi connectivity index (χ4n) is 3.42. The van der Waals surface area contributed by atoms with Crippen molar-refractivity contribution in [3.05, 3.63) is 22.5 Å². The molecule has 0 bridgehead atoms. The van der Waals surface area contributed by atoms with Crippen LogP contribution in [0.3, 0.4) is 0 Å². The van der Waals surface area contributed by atoms with E-state index in [-0.39, 0.29) is 17.3 Å². The standard InChI is InChI=1S/C23H36O4/c1-5-6-7-8-9-10-11-12-13-14-15-16-20-21(25)17(2)18(3)22(26)23(20)27-19(4)24/h5-16H2,1-4H3. The molecule has 152 valence electrons. The maximum Gasteiger partial charge on any atom is 0.308 e. The van der Waals surface area contributed by atoms with Gasteiger partial charge in [-0.25, -0.2) is 0 Å². The monoisotopic (exact) mass is 376 g/mol. The summed E-state index contributed by atoms with van der Waals surface area (Å²) in [5.74, 6) is -1.10. The fourth-order valence-corrected chi connectivity index (χ4v) is 3.42. The molecule has 0 N–H and O–H groups in total. The van der Waals surface area contributed by atoms with Gasteiger partial charge in [0.25, 0.3) is 0 Å². The number of carbonyl (C=O) groups is 3. The number of carbonyl (C=O) groups excluding carboxylic acids is 3. The number of ether oxygens (including phenoxy) is 1. The molecule has 0 saturated carbocycles. The summed E-state index contributed by atoms with van der Waals surface area (Å²) in [6.07, 6.45) is 14.0. The molecule has 1 aliphatic rings. The SMILES string of the molecule is CCCCCCCCCCCCCC1=C(OC(C)=O)C(=O)C(C)=C(C)C1=O. The number of esters is 1. The van der Waals surface area contributed by atoms with Crippen LogP contribution in [0.2, 0.25) is 0 Å². The Morgan fingerprint density at radius 2 is 1.19 bits per heavy atom. The molecule has 4 heteroatoms. The maximum absolute atomic E-state index is 12.5. The normalized spacial score (nSPS) is 15.0. The van der Waals surface area contributed by atoms with Gasteiger partial charge in [0.1, 0.15) is 0 Å². The lowest BCUT2D eigenvalue weighted by atomic mass is 9.87. The lowest BCUT2D eigenvalue weighted by molar-refractivity contribution is -0.140. The molecule has 4 nitrogen and oxygen atoms in total. The summed E-state index contributed by atoms with van der Waals surface area (Å²) in [6.45, 7) is 6.77. The van der Waals surface area contributed by atoms with E-state index in [4.69, 9.17) is 4.74 Å². The molecule has 0 radical (unpaired) electrons. The number of rotatable bonds is 13. The highest BCUT2D eigenvalue weighted by Gasteiger charge is 2.32. The van der Waals surface area contributed by atoms with Gasteiger partial charge in [0.05, 0.1) is 0 Å². The third kappa shape index (κ3) is 7.82. The van der Waals surface area contributed by atoms with Crippen LogP contribution in [0.5, 0.6) is 0 Å². The van der Waals surface area contributed by atoms with E-state index in [9.17, 15) is 14.4 Å². The Kier molecular flexibility index (Phi) is 10.9. The van der Waals surface area contributed by atoms with Gasteiger partial charge in [0.2, 0.25) is 5.78 Å². The molecule has 0 atom stereocenters. The molecule has 0 spiro atoms. The van der Waals surface area contributed by atoms with Crippen LogP contribution in [0.4, 0.5) is 0 Å². The third-order valence-corrected chi connectivity index (χ3v) is 5.27. The first-order valence-electron chi connectivity index (χ1n) is 10.6. The van der Waals surface area contributed by atoms with E-state index >= 15 is 0 Å². The molecule has 1 rings (SSSR count). The number of ketones is 2. The van der Waals surface area contributed by atoms with E-state index in [0.29, 0.717) is 23.1 Å². The lowest BCUT2D eigenvalue weighted by Gasteiger charge is -2.19. The number of hydrogen-bond donors (Lipinski definition) is 0. The summed E-state index contributed by atoms with van der Waals surface area (Å²) in [6, 6.07) is 0. The average molecular weight is 377 g/mol. The molecule has 0 amide bonds. The summed E-state index contributed by atoms with van der Waals surface area (Å²) in [5, 5.41) is 0. The first kappa shape index (κ1) is 23.3. The van der Waals surface area contributed by atoms with E-state index in [1.807, 2.05) is 0 Å². The van der Waals surface area contributed by atoms with Crippen molar-refractivity contribution in [1.82, 2.24) is 0 Å². The Morgan fingerprint density at radius 1 is 0.741 bits per heavy atom. The third-order valence-electron chi connectivity index (χ3n) is 5.27. The topological polar surface area (TPSA) is 60.4 Å². The highest BCUT2D eigenvalue weighted by atomic mass is 16.5. The van der Waals surface area contributed by atoms with Crippen LogP contribution in [-0.4, -0.2) is 17.5 Å². The van der Waals surface area contributed by atoms with Gasteiger partial charge in [-0.2, -0.15) is 0 Å². The first-order chi connectivity index (χ1) is 12.9. The van der Waals surface area contributed by atoms with E-state index < -0.39 is 5.97 Å². The largest absolute Gasteiger partial charge is 0.422 e. The average Bonchev–Trinajstić information content (AvgIpc) is 2.64. The van der Waals surface area contributed by atoms with Crippen molar-refractivity contribution in [3.8, 4) is 0 Å². The summed E-state index contributed by atoms with van der Waals surface area (Å²) >= 11 is 0. The number of unbranched alkanes of at least 4 members (excludes halogenated alkanes) is 10. The van der Waals surface area contributed by atoms with E-state index in [2.05, 4.69) is 6.92 Å². The molecule has 0 aromatic rings. The lowest BCUT2D eigenvalue weighted by Crippen LogP contribution is -2.24. The summed E-state index contributed by atoms with van der Waals surface area (Å²) < 4.78 is 5.09. The van der Waals surface area contributed by atoms with Crippen molar-refractivity contribution in [1.29, 1.82) is 0 Å². The van der Waals surface area contributed by atoms with Gasteiger partial charge in [0, 0.05) is 23.6 Å². The van der Waals surface area contributed by atoms with Crippen molar-refractivity contribution < 1.29 is 19.1 Å². The van der Waals surface area contributed by atoms with Crippen molar-refractivity contribution in [2.24, 2.45) is 0 Å². The highest BCUT2D eigenvalue weighted by Crippen LogP contribution is 2.28. The molecular formula is C23H36O4. The second-order valence-corrected chi connectivity index (χ2v) is 7.60. The molecule has 0 aromatic carbocycles. The van der Waals surface area contributed by atoms with Crippen LogP contribution in [0, 0.1) is 0 Å². The van der Waals surface area contributed by atoms with Crippen LogP contribution in [0.15, 0.2) is 22.5 Å². The molecule has 0 aromatic heterocycles. The second kappa shape index (κ2) is 12.6. The summed E-state index contributed by atoms with van der Waals surface area (Å²) in [7, 11) is 0. The molecule has 1 aliphatic carbocycles. The van der Waals surface area contributed by atoms with Crippen molar-refractivity contribution in [2.45, 2.75) is 105 Å². The van der Waals surface area contributed by atoms with E-state index in [1.165, 1.54) is 58.3 Å². The molecule has 0 heterocycles. The predicted octanol–water partition coefficient (Wildman–Crippen LogP) is 5.99. The molecular weight excluding hydrogens is 340 g/mol. The zero-order valence-corrected chi connectivity index (χ0v) is 17.6. The summed E-state index contributed by atoms with van der Waals surface area (Å²) in [5.41, 5.74) is 1.21. The van der Waals surface area contributed by atoms with Crippen molar-refractivity contribution in [2.75, 3.05) is 0 Å². The van der Waals surface area contributed by atoms with Crippen molar-refractivity contribution in [3.63, 3.8) is 0 Å². The van der Waals surface area contributed by atoms with E-state index in [0.717, 1.165) is 19.3 Å². The van der Waals surface area contributed by atoms with Gasteiger partial charge in [0.15, 0.2) is 11.5 Å². The minimum Gasteiger partial charge on any atom is -0.422 e. The van der Waals surface area contributed by atoms with Gasteiger partial charge in [-0.3, -0.25) is 14.4 Å². The smallest absolute Gasteiger partial charge is 0.308 e. The van der Waals surface area contributed by atoms with Gasteiger partial charge < -0.3 is 4.74 Å². The highest BCUT2D eigenvalue weighted by molar-refractivity contribution is 6.24. The Bertz CT molecular complexity index is 595. The van der Waals surface area contributed by atoms with Crippen LogP contribution in [0.1, 0.15) is 105 Å². The van der Waals surface area contributed by atoms with Crippen LogP contribution >= 0.6 is 0 Å². The Morgan fingerprint density at radius 3 is 1.67 bits per heavy atom. The first-order valence-corrected chi connectivity index (χ1v) is 10.6. The van der Waals surface area contributed by atoms with Gasteiger partial charge in [-0.1, -0.05) is 71.1 Å². The maximum atomic E-state index is 12.5. The second-order valence-electron chi connectivity index (χ2n) is 7.60. The molecule has 0 saturated heterocycles. The zero-order valence-electron chi connectivity index (χ0n) is 17.6. The Balaban J connectivity index is 2.38. The summed E-state index contributed by atoms with van der Waals surface area (Å²) in [4.78, 5) is 36.2. The Hall–Kier alpha value is -1.71. The fraction of sp³-hybridized carbons (Fsp3) is 0.696. The Labute approximate surface area is 164 Å². The molecule has 0 unspecified atom stereocenters. The molecule has 0 fully saturated rings. The number of Topliss-reactive ketones (excluding diaryl/α,β-unsaturated/α-hetero) is 2. The predicted molar refractivity (Wildman–Crippen MR) is 108 cm³/mol. The van der Waals surface area contributed by atoms with Gasteiger partial charge in [-0.15, -0.1) is 0 Å². The van der Waals surface area contributed by atoms with Gasteiger partial charge in [-0.05, 0) is 26.7 Å². The molecule has 27 heavy (non-hydrogen) atoms. The van der Waals surface area contributed by atoms with Crippen LogP contribution in [0.25, 0.3) is 0 Å². The number of hydrogen-bond acceptors (Lipinski definition) is 4. The minimum atomic E-state index is -0.560. The quantitative estimate of drug-likeness (QED) is 0.225. The number of allylic oxidation sites excluding steroid dienone is 3.